The number of pyridine rings is 1. The number of aromatic nitrogens is 3. The van der Waals surface area contributed by atoms with Crippen molar-refractivity contribution in [3.63, 3.8) is 0 Å². The third kappa shape index (κ3) is 7.07. The molecular weight excluding hydrogens is 580 g/mol. The van der Waals surface area contributed by atoms with Crippen LogP contribution < -0.4 is 15.8 Å². The van der Waals surface area contributed by atoms with Crippen molar-refractivity contribution in [3.8, 4) is 46.2 Å². The Labute approximate surface area is 241 Å². The van der Waals surface area contributed by atoms with E-state index in [9.17, 15) is 36.2 Å². The maximum atomic E-state index is 13.5. The van der Waals surface area contributed by atoms with Crippen LogP contribution in [0.25, 0.3) is 22.4 Å². The van der Waals surface area contributed by atoms with Gasteiger partial charge in [0.1, 0.15) is 18.1 Å². The van der Waals surface area contributed by atoms with Crippen molar-refractivity contribution in [1.82, 2.24) is 14.8 Å². The molecule has 0 aliphatic carbocycles. The minimum Gasteiger partial charge on any atom is -0.506 e. The van der Waals surface area contributed by atoms with Gasteiger partial charge in [0.05, 0.1) is 22.9 Å². The Kier molecular flexibility index (Phi) is 8.67. The summed E-state index contributed by atoms with van der Waals surface area (Å²) in [4.78, 5) is 15.7. The molecule has 0 bridgehead atoms. The molecule has 8 nitrogen and oxygen atoms in total. The third-order valence-electron chi connectivity index (χ3n) is 6.23. The van der Waals surface area contributed by atoms with Gasteiger partial charge >= 0.3 is 12.4 Å². The quantitative estimate of drug-likeness (QED) is 0.174. The number of carbonyl (C=O) groups excluding carboxylic acids is 1. The predicted octanol–water partition coefficient (Wildman–Crippen LogP) is 5.76. The third-order valence-corrected chi connectivity index (χ3v) is 6.23. The highest BCUT2D eigenvalue weighted by molar-refractivity contribution is 5.94. The van der Waals surface area contributed by atoms with Gasteiger partial charge in [0.15, 0.2) is 5.69 Å². The van der Waals surface area contributed by atoms with E-state index >= 15 is 0 Å². The van der Waals surface area contributed by atoms with Gasteiger partial charge in [-0.25, -0.2) is 0 Å². The lowest BCUT2D eigenvalue weighted by atomic mass is 9.98. The van der Waals surface area contributed by atoms with Crippen LogP contribution in [0.4, 0.5) is 32.0 Å². The normalized spacial score (nSPS) is 12.4. The van der Waals surface area contributed by atoms with Gasteiger partial charge in [0.25, 0.3) is 0 Å². The maximum absolute atomic E-state index is 13.5. The summed E-state index contributed by atoms with van der Waals surface area (Å²) in [6.07, 6.45) is -2.65. The molecule has 1 unspecified atom stereocenters. The molecule has 0 saturated carbocycles. The molecule has 2 aromatic heterocycles. The second-order valence-corrected chi connectivity index (χ2v) is 9.32. The molecule has 0 aliphatic rings. The maximum Gasteiger partial charge on any atom is 0.435 e. The zero-order valence-corrected chi connectivity index (χ0v) is 22.3. The fourth-order valence-corrected chi connectivity index (χ4v) is 4.07. The standard InChI is InChI=1S/C29H23F6N5O3/c1-3-4-21(36)27(42)38-19-7-5-16(6-8-19)15-43-23-10-9-20(22-12-24(29(33,34)35)39-40(22)2)26(41)25(23)17-11-18(14-37-13-17)28(30,31)32/h1,5-14,21,41H,4,15,36H2,2H3,(H,38,42). The van der Waals surface area contributed by atoms with Crippen LogP contribution in [0.5, 0.6) is 11.5 Å². The number of nitrogens with two attached hydrogens (primary N) is 1. The van der Waals surface area contributed by atoms with Crippen LogP contribution in [0, 0.1) is 12.3 Å². The van der Waals surface area contributed by atoms with Crippen LogP contribution in [0.3, 0.4) is 0 Å². The van der Waals surface area contributed by atoms with Gasteiger partial charge in [-0.3, -0.25) is 14.5 Å². The molecule has 0 saturated heterocycles. The van der Waals surface area contributed by atoms with E-state index in [-0.39, 0.29) is 41.2 Å². The van der Waals surface area contributed by atoms with E-state index in [1.54, 1.807) is 24.3 Å². The number of anilines is 1. The van der Waals surface area contributed by atoms with E-state index in [0.717, 1.165) is 16.9 Å². The number of hydrogen-bond donors (Lipinski definition) is 3. The number of rotatable bonds is 8. The molecule has 43 heavy (non-hydrogen) atoms. The summed E-state index contributed by atoms with van der Waals surface area (Å²) < 4.78 is 87.0. The summed E-state index contributed by atoms with van der Waals surface area (Å²) in [5.41, 5.74) is 3.67. The van der Waals surface area contributed by atoms with Crippen LogP contribution in [0.2, 0.25) is 0 Å². The number of phenols is 1. The Bertz CT molecular complexity index is 1670. The number of hydrogen-bond acceptors (Lipinski definition) is 6. The highest BCUT2D eigenvalue weighted by Crippen LogP contribution is 2.46. The predicted molar refractivity (Wildman–Crippen MR) is 144 cm³/mol. The molecule has 1 amide bonds. The number of terminal acetylenes is 1. The summed E-state index contributed by atoms with van der Waals surface area (Å²) in [5.74, 6) is 1.11. The van der Waals surface area contributed by atoms with Gasteiger partial charge in [-0.2, -0.15) is 31.4 Å². The second kappa shape index (κ2) is 12.1. The van der Waals surface area contributed by atoms with E-state index in [4.69, 9.17) is 16.9 Å². The lowest BCUT2D eigenvalue weighted by molar-refractivity contribution is -0.141. The molecule has 0 aliphatic heterocycles. The molecule has 0 radical (unpaired) electrons. The van der Waals surface area contributed by atoms with Crippen molar-refractivity contribution in [2.75, 3.05) is 5.32 Å². The van der Waals surface area contributed by atoms with E-state index < -0.39 is 41.3 Å². The molecule has 4 rings (SSSR count). The van der Waals surface area contributed by atoms with Crippen LogP contribution in [-0.4, -0.2) is 31.8 Å². The number of nitrogens with zero attached hydrogens (tertiary/aromatic N) is 3. The molecule has 224 valence electrons. The van der Waals surface area contributed by atoms with Crippen molar-refractivity contribution in [2.24, 2.45) is 12.8 Å². The van der Waals surface area contributed by atoms with E-state index in [1.807, 2.05) is 0 Å². The van der Waals surface area contributed by atoms with Crippen molar-refractivity contribution >= 4 is 11.6 Å². The first kappa shape index (κ1) is 30.9. The lowest BCUT2D eigenvalue weighted by Crippen LogP contribution is -2.35. The number of carbonyl (C=O) groups is 1. The molecule has 2 aromatic carbocycles. The highest BCUT2D eigenvalue weighted by atomic mass is 19.4. The SMILES string of the molecule is C#CCC(N)C(=O)Nc1ccc(COc2ccc(-c3cc(C(F)(F)F)nn3C)c(O)c2-c2cncc(C(F)(F)F)c2)cc1. The molecule has 14 heteroatoms. The summed E-state index contributed by atoms with van der Waals surface area (Å²) in [6.45, 7) is -0.132. The van der Waals surface area contributed by atoms with Crippen LogP contribution in [0.1, 0.15) is 23.2 Å². The Hall–Kier alpha value is -5.03. The molecule has 1 atom stereocenters. The Morgan fingerprint density at radius 3 is 2.40 bits per heavy atom. The molecule has 0 spiro atoms. The average molecular weight is 604 g/mol. The molecular formula is C29H23F6N5O3. The van der Waals surface area contributed by atoms with Crippen LogP contribution in [-0.2, 0) is 30.8 Å². The number of halogens is 6. The summed E-state index contributed by atoms with van der Waals surface area (Å²) >= 11 is 0. The van der Waals surface area contributed by atoms with E-state index in [1.165, 1.54) is 19.2 Å². The fourth-order valence-electron chi connectivity index (χ4n) is 4.07. The van der Waals surface area contributed by atoms with Crippen molar-refractivity contribution in [3.05, 3.63) is 77.7 Å². The van der Waals surface area contributed by atoms with Crippen molar-refractivity contribution < 1.29 is 41.0 Å². The van der Waals surface area contributed by atoms with Gasteiger partial charge in [-0.05, 0) is 42.0 Å². The zero-order valence-electron chi connectivity index (χ0n) is 22.3. The highest BCUT2D eigenvalue weighted by Gasteiger charge is 2.35. The summed E-state index contributed by atoms with van der Waals surface area (Å²) in [6, 6.07) is 9.49. The Morgan fingerprint density at radius 2 is 1.79 bits per heavy atom. The number of alkyl halides is 6. The monoisotopic (exact) mass is 603 g/mol. The second-order valence-electron chi connectivity index (χ2n) is 9.32. The zero-order chi connectivity index (χ0) is 31.5. The summed E-state index contributed by atoms with van der Waals surface area (Å²) in [5, 5.41) is 17.3. The number of phenolic OH excluding ortho intramolecular Hbond substituents is 1. The lowest BCUT2D eigenvalue weighted by Gasteiger charge is -2.17. The summed E-state index contributed by atoms with van der Waals surface area (Å²) in [7, 11) is 1.23. The van der Waals surface area contributed by atoms with Crippen LogP contribution in [0.15, 0.2) is 60.9 Å². The van der Waals surface area contributed by atoms with Crippen molar-refractivity contribution in [1.29, 1.82) is 0 Å². The van der Waals surface area contributed by atoms with Crippen molar-refractivity contribution in [2.45, 2.75) is 31.4 Å². The topological polar surface area (TPSA) is 115 Å². The van der Waals surface area contributed by atoms with E-state index in [2.05, 4.69) is 21.3 Å². The van der Waals surface area contributed by atoms with Gasteiger partial charge < -0.3 is 20.9 Å². The smallest absolute Gasteiger partial charge is 0.435 e. The van der Waals surface area contributed by atoms with E-state index in [0.29, 0.717) is 23.5 Å². The molecule has 2 heterocycles. The number of nitrogens with one attached hydrogen (secondary N) is 1. The number of aryl methyl sites for hydroxylation is 1. The number of aromatic hydroxyl groups is 1. The molecule has 4 N–H and O–H groups in total. The van der Waals surface area contributed by atoms with Gasteiger partial charge in [-0.15, -0.1) is 12.3 Å². The average Bonchev–Trinajstić information content (AvgIpc) is 3.34. The largest absolute Gasteiger partial charge is 0.506 e. The minimum atomic E-state index is -4.77. The van der Waals surface area contributed by atoms with Gasteiger partial charge in [0, 0.05) is 42.7 Å². The first-order valence-electron chi connectivity index (χ1n) is 12.4. The Morgan fingerprint density at radius 1 is 1.09 bits per heavy atom. The number of benzene rings is 2. The molecule has 4 aromatic rings. The molecule has 0 fully saturated rings. The van der Waals surface area contributed by atoms with Gasteiger partial charge in [-0.1, -0.05) is 12.1 Å². The number of ether oxygens (including phenoxy) is 1. The fraction of sp³-hybridized carbons (Fsp3) is 0.207. The van der Waals surface area contributed by atoms with Crippen LogP contribution >= 0.6 is 0 Å². The van der Waals surface area contributed by atoms with Gasteiger partial charge in [0.2, 0.25) is 5.91 Å². The number of amides is 1. The Balaban J connectivity index is 1.69. The first-order chi connectivity index (χ1) is 20.2. The minimum absolute atomic E-state index is 0.0528. The first-order valence-corrected chi connectivity index (χ1v) is 12.4.